The number of hydrogen-bond donors (Lipinski definition) is 2. The molecular formula is C19H35IN4O3. The van der Waals surface area contributed by atoms with E-state index in [-0.39, 0.29) is 24.0 Å². The second kappa shape index (κ2) is 14.6. The second-order valence-electron chi connectivity index (χ2n) is 5.77. The number of halogens is 1. The first-order valence-electron chi connectivity index (χ1n) is 9.09. The van der Waals surface area contributed by atoms with Gasteiger partial charge in [0, 0.05) is 20.1 Å². The quantitative estimate of drug-likeness (QED) is 0.214. The molecule has 0 aliphatic rings. The van der Waals surface area contributed by atoms with Crippen LogP contribution in [-0.4, -0.2) is 65.4 Å². The van der Waals surface area contributed by atoms with Crippen LogP contribution in [-0.2, 0) is 6.54 Å². The summed E-state index contributed by atoms with van der Waals surface area (Å²) in [6.07, 6.45) is 1.08. The molecule has 0 aliphatic heterocycles. The lowest BCUT2D eigenvalue weighted by Crippen LogP contribution is -2.38. The van der Waals surface area contributed by atoms with Crippen molar-refractivity contribution in [2.24, 2.45) is 4.99 Å². The Morgan fingerprint density at radius 1 is 1.00 bits per heavy atom. The van der Waals surface area contributed by atoms with Gasteiger partial charge in [-0.05, 0) is 43.8 Å². The lowest BCUT2D eigenvalue weighted by atomic mass is 10.2. The number of benzene rings is 1. The summed E-state index contributed by atoms with van der Waals surface area (Å²) in [4.78, 5) is 6.68. The molecule has 7 nitrogen and oxygen atoms in total. The topological polar surface area (TPSA) is 67.4 Å². The molecule has 0 aromatic heterocycles. The van der Waals surface area contributed by atoms with E-state index >= 15 is 0 Å². The molecule has 0 heterocycles. The van der Waals surface area contributed by atoms with Gasteiger partial charge in [0.25, 0.3) is 0 Å². The molecule has 1 aromatic rings. The average Bonchev–Trinajstić information content (AvgIpc) is 2.69. The van der Waals surface area contributed by atoms with Gasteiger partial charge in [-0.15, -0.1) is 24.0 Å². The van der Waals surface area contributed by atoms with E-state index < -0.39 is 0 Å². The molecule has 0 radical (unpaired) electrons. The minimum Gasteiger partial charge on any atom is -0.493 e. The van der Waals surface area contributed by atoms with Crippen LogP contribution in [0.2, 0.25) is 0 Å². The van der Waals surface area contributed by atoms with E-state index in [1.807, 2.05) is 12.1 Å². The Bertz CT molecular complexity index is 541. The summed E-state index contributed by atoms with van der Waals surface area (Å²) in [5.74, 6) is 2.66. The maximum atomic E-state index is 5.39. The number of methoxy groups -OCH3 is 3. The van der Waals surface area contributed by atoms with Crippen molar-refractivity contribution in [2.75, 3.05) is 54.6 Å². The molecule has 0 aliphatic carbocycles. The third-order valence-electron chi connectivity index (χ3n) is 4.25. The van der Waals surface area contributed by atoms with E-state index in [0.29, 0.717) is 23.8 Å². The van der Waals surface area contributed by atoms with Crippen LogP contribution in [0.1, 0.15) is 25.8 Å². The smallest absolute Gasteiger partial charge is 0.203 e. The molecule has 1 rings (SSSR count). The Morgan fingerprint density at radius 3 is 2.04 bits per heavy atom. The van der Waals surface area contributed by atoms with E-state index in [1.54, 1.807) is 28.4 Å². The van der Waals surface area contributed by atoms with Crippen LogP contribution in [0.5, 0.6) is 17.2 Å². The van der Waals surface area contributed by atoms with Gasteiger partial charge in [0.1, 0.15) is 0 Å². The van der Waals surface area contributed by atoms with Gasteiger partial charge in [0.2, 0.25) is 5.75 Å². The molecule has 0 bridgehead atoms. The standard InChI is InChI=1S/C19H34N4O3.HI/c1-7-23(8-2)11-9-10-21-19(20-3)22-14-15-12-16(24-4)18(26-6)17(13-15)25-5;/h12-13H,7-11,14H2,1-6H3,(H2,20,21,22);1H. The lowest BCUT2D eigenvalue weighted by Gasteiger charge is -2.18. The Balaban J connectivity index is 0.00000676. The summed E-state index contributed by atoms with van der Waals surface area (Å²) in [6, 6.07) is 3.87. The largest absolute Gasteiger partial charge is 0.493 e. The number of nitrogens with zero attached hydrogens (tertiary/aromatic N) is 2. The van der Waals surface area contributed by atoms with E-state index in [1.165, 1.54) is 0 Å². The molecule has 0 fully saturated rings. The highest BCUT2D eigenvalue weighted by Crippen LogP contribution is 2.38. The summed E-state index contributed by atoms with van der Waals surface area (Å²) in [7, 11) is 6.60. The Kier molecular flexibility index (Phi) is 13.8. The van der Waals surface area contributed by atoms with Gasteiger partial charge in [0.15, 0.2) is 17.5 Å². The molecule has 0 spiro atoms. The lowest BCUT2D eigenvalue weighted by molar-refractivity contribution is 0.300. The second-order valence-corrected chi connectivity index (χ2v) is 5.77. The fourth-order valence-electron chi connectivity index (χ4n) is 2.69. The van der Waals surface area contributed by atoms with E-state index in [2.05, 4.69) is 34.4 Å². The molecule has 1 aromatic carbocycles. The Morgan fingerprint density at radius 2 is 1.59 bits per heavy atom. The molecule has 0 amide bonds. The number of rotatable bonds is 11. The van der Waals surface area contributed by atoms with E-state index in [0.717, 1.165) is 44.1 Å². The zero-order valence-electron chi connectivity index (χ0n) is 17.4. The molecule has 27 heavy (non-hydrogen) atoms. The van der Waals surface area contributed by atoms with Crippen LogP contribution in [0.15, 0.2) is 17.1 Å². The molecule has 8 heteroatoms. The number of ether oxygens (including phenoxy) is 3. The van der Waals surface area contributed by atoms with Crippen molar-refractivity contribution < 1.29 is 14.2 Å². The van der Waals surface area contributed by atoms with Gasteiger partial charge < -0.3 is 29.7 Å². The Labute approximate surface area is 180 Å². The van der Waals surface area contributed by atoms with Gasteiger partial charge in [-0.3, -0.25) is 4.99 Å². The van der Waals surface area contributed by atoms with E-state index in [4.69, 9.17) is 14.2 Å². The maximum Gasteiger partial charge on any atom is 0.203 e. The van der Waals surface area contributed by atoms with Crippen molar-refractivity contribution in [3.05, 3.63) is 17.7 Å². The van der Waals surface area contributed by atoms with Crippen LogP contribution < -0.4 is 24.8 Å². The summed E-state index contributed by atoms with van der Waals surface area (Å²) in [5.41, 5.74) is 1.02. The van der Waals surface area contributed by atoms with Crippen LogP contribution >= 0.6 is 24.0 Å². The SMILES string of the molecule is CCN(CC)CCCNC(=NC)NCc1cc(OC)c(OC)c(OC)c1.I. The minimum atomic E-state index is 0. The fourth-order valence-corrected chi connectivity index (χ4v) is 2.69. The van der Waals surface area contributed by atoms with Crippen LogP contribution in [0, 0.1) is 0 Å². The predicted molar refractivity (Wildman–Crippen MR) is 122 cm³/mol. The fraction of sp³-hybridized carbons (Fsp3) is 0.632. The highest BCUT2D eigenvalue weighted by Gasteiger charge is 2.13. The van der Waals surface area contributed by atoms with Crippen LogP contribution in [0.25, 0.3) is 0 Å². The first kappa shape index (κ1) is 25.6. The summed E-state index contributed by atoms with van der Waals surface area (Å²) in [5, 5.41) is 6.66. The summed E-state index contributed by atoms with van der Waals surface area (Å²) in [6.45, 7) is 9.13. The average molecular weight is 494 g/mol. The zero-order valence-corrected chi connectivity index (χ0v) is 19.8. The number of aliphatic imine (C=N–C) groups is 1. The van der Waals surface area contributed by atoms with Crippen molar-refractivity contribution >= 4 is 29.9 Å². The van der Waals surface area contributed by atoms with Crippen molar-refractivity contribution in [1.82, 2.24) is 15.5 Å². The molecule has 0 unspecified atom stereocenters. The monoisotopic (exact) mass is 494 g/mol. The van der Waals surface area contributed by atoms with Crippen LogP contribution in [0.4, 0.5) is 0 Å². The summed E-state index contributed by atoms with van der Waals surface area (Å²) >= 11 is 0. The molecule has 0 atom stereocenters. The number of hydrogen-bond acceptors (Lipinski definition) is 5. The predicted octanol–water partition coefficient (Wildman–Crippen LogP) is 2.73. The summed E-state index contributed by atoms with van der Waals surface area (Å²) < 4.78 is 16.1. The highest BCUT2D eigenvalue weighted by atomic mass is 127. The molecule has 0 saturated carbocycles. The molecular weight excluding hydrogens is 459 g/mol. The van der Waals surface area contributed by atoms with Gasteiger partial charge >= 0.3 is 0 Å². The van der Waals surface area contributed by atoms with Crippen molar-refractivity contribution in [1.29, 1.82) is 0 Å². The third-order valence-corrected chi connectivity index (χ3v) is 4.25. The molecule has 0 saturated heterocycles. The first-order chi connectivity index (χ1) is 12.6. The first-order valence-corrected chi connectivity index (χ1v) is 9.09. The molecule has 156 valence electrons. The van der Waals surface area contributed by atoms with Gasteiger partial charge in [-0.2, -0.15) is 0 Å². The maximum absolute atomic E-state index is 5.39. The van der Waals surface area contributed by atoms with E-state index in [9.17, 15) is 0 Å². The third kappa shape index (κ3) is 8.42. The van der Waals surface area contributed by atoms with Crippen molar-refractivity contribution in [2.45, 2.75) is 26.8 Å². The van der Waals surface area contributed by atoms with Gasteiger partial charge in [-0.25, -0.2) is 0 Å². The van der Waals surface area contributed by atoms with Crippen molar-refractivity contribution in [3.8, 4) is 17.2 Å². The zero-order chi connectivity index (χ0) is 19.4. The Hall–Kier alpha value is -1.42. The number of nitrogens with one attached hydrogen (secondary N) is 2. The number of guanidine groups is 1. The van der Waals surface area contributed by atoms with Crippen LogP contribution in [0.3, 0.4) is 0 Å². The minimum absolute atomic E-state index is 0. The highest BCUT2D eigenvalue weighted by molar-refractivity contribution is 14.0. The normalized spacial score (nSPS) is 11.0. The molecule has 2 N–H and O–H groups in total. The van der Waals surface area contributed by atoms with Crippen molar-refractivity contribution in [3.63, 3.8) is 0 Å². The van der Waals surface area contributed by atoms with Gasteiger partial charge in [-0.1, -0.05) is 13.8 Å². The van der Waals surface area contributed by atoms with Gasteiger partial charge in [0.05, 0.1) is 21.3 Å².